The first-order chi connectivity index (χ1) is 10.2. The maximum Gasteiger partial charge on any atom is 0.329 e. The molecule has 3 rings (SSSR count). The maximum atomic E-state index is 13.8. The third-order valence-corrected chi connectivity index (χ3v) is 4.27. The van der Waals surface area contributed by atoms with Gasteiger partial charge in [0.25, 0.3) is 0 Å². The molecule has 0 bridgehead atoms. The van der Waals surface area contributed by atoms with Gasteiger partial charge in [-0.2, -0.15) is 4.68 Å². The molecule has 0 amide bonds. The number of benzene rings is 1. The van der Waals surface area contributed by atoms with E-state index in [9.17, 15) is 9.18 Å². The van der Waals surface area contributed by atoms with Crippen molar-refractivity contribution >= 4 is 27.8 Å². The minimum Gasteiger partial charge on any atom is -0.378 e. The summed E-state index contributed by atoms with van der Waals surface area (Å²) in [4.78, 5) is 13.6. The number of para-hydroxylation sites is 1. The Morgan fingerprint density at radius 3 is 2.71 bits per heavy atom. The van der Waals surface area contributed by atoms with Gasteiger partial charge in [0.1, 0.15) is 10.8 Å². The van der Waals surface area contributed by atoms with E-state index in [1.165, 1.54) is 6.07 Å². The van der Waals surface area contributed by atoms with E-state index in [1.54, 1.807) is 18.2 Å². The zero-order valence-corrected chi connectivity index (χ0v) is 12.0. The van der Waals surface area contributed by atoms with Crippen LogP contribution in [-0.4, -0.2) is 31.0 Å². The first-order valence-corrected chi connectivity index (χ1v) is 7.33. The molecule has 0 unspecified atom stereocenters. The lowest BCUT2D eigenvalue weighted by Gasteiger charge is -2.28. The topological polar surface area (TPSA) is 72.5 Å². The van der Waals surface area contributed by atoms with E-state index >= 15 is 0 Å². The van der Waals surface area contributed by atoms with Crippen LogP contribution in [0, 0.1) is 5.82 Å². The Morgan fingerprint density at radius 2 is 2.00 bits per heavy atom. The van der Waals surface area contributed by atoms with E-state index in [2.05, 4.69) is 5.32 Å². The van der Waals surface area contributed by atoms with Gasteiger partial charge in [-0.1, -0.05) is 23.5 Å². The molecule has 1 fully saturated rings. The van der Waals surface area contributed by atoms with Crippen LogP contribution in [0.2, 0.25) is 0 Å². The first kappa shape index (κ1) is 13.9. The maximum absolute atomic E-state index is 13.8. The van der Waals surface area contributed by atoms with E-state index in [0.29, 0.717) is 37.1 Å². The Bertz CT molecular complexity index is 694. The molecule has 1 aliphatic rings. The molecule has 1 aromatic heterocycles. The van der Waals surface area contributed by atoms with Crippen LogP contribution >= 0.6 is 11.3 Å². The SMILES string of the molecule is Nn1c(Nc2ccccc2F)c(N2CCOCC2)sc1=O. The quantitative estimate of drug-likeness (QED) is 0.837. The van der Waals surface area contributed by atoms with Crippen LogP contribution in [0.5, 0.6) is 0 Å². The summed E-state index contributed by atoms with van der Waals surface area (Å²) in [6.45, 7) is 2.53. The number of nitrogens with zero attached hydrogens (tertiary/aromatic N) is 2. The normalized spacial score (nSPS) is 15.2. The summed E-state index contributed by atoms with van der Waals surface area (Å²) in [6.07, 6.45) is 0. The number of nitrogens with two attached hydrogens (primary N) is 1. The molecule has 0 atom stereocenters. The molecular formula is C13H15FN4O2S. The Morgan fingerprint density at radius 1 is 1.29 bits per heavy atom. The Balaban J connectivity index is 1.97. The van der Waals surface area contributed by atoms with E-state index in [1.807, 2.05) is 4.90 Å². The van der Waals surface area contributed by atoms with Crippen molar-refractivity contribution < 1.29 is 9.13 Å². The molecule has 2 heterocycles. The van der Waals surface area contributed by atoms with Gasteiger partial charge in [-0.3, -0.25) is 4.79 Å². The van der Waals surface area contributed by atoms with Crippen LogP contribution < -0.4 is 20.9 Å². The van der Waals surface area contributed by atoms with Crippen molar-refractivity contribution in [1.82, 2.24) is 4.68 Å². The van der Waals surface area contributed by atoms with E-state index in [0.717, 1.165) is 16.0 Å². The zero-order valence-electron chi connectivity index (χ0n) is 11.2. The van der Waals surface area contributed by atoms with Crippen LogP contribution in [0.15, 0.2) is 29.1 Å². The lowest BCUT2D eigenvalue weighted by molar-refractivity contribution is 0.123. The third-order valence-electron chi connectivity index (χ3n) is 3.25. The number of halogens is 1. The molecular weight excluding hydrogens is 295 g/mol. The number of anilines is 3. The van der Waals surface area contributed by atoms with Crippen molar-refractivity contribution in [1.29, 1.82) is 0 Å². The van der Waals surface area contributed by atoms with Gasteiger partial charge >= 0.3 is 4.87 Å². The number of aromatic nitrogens is 1. The fourth-order valence-corrected chi connectivity index (χ4v) is 3.07. The molecule has 0 spiro atoms. The van der Waals surface area contributed by atoms with Crippen molar-refractivity contribution in [2.75, 3.05) is 42.4 Å². The molecule has 0 saturated carbocycles. The van der Waals surface area contributed by atoms with E-state index < -0.39 is 5.82 Å². The van der Waals surface area contributed by atoms with Gasteiger partial charge in [0.2, 0.25) is 0 Å². The molecule has 1 aliphatic heterocycles. The van der Waals surface area contributed by atoms with Gasteiger partial charge in [0, 0.05) is 13.1 Å². The first-order valence-electron chi connectivity index (χ1n) is 6.52. The van der Waals surface area contributed by atoms with Crippen molar-refractivity contribution in [3.8, 4) is 0 Å². The van der Waals surface area contributed by atoms with Gasteiger partial charge in [-0.15, -0.1) is 0 Å². The molecule has 1 aromatic carbocycles. The number of hydrogen-bond donors (Lipinski definition) is 2. The molecule has 3 N–H and O–H groups in total. The average molecular weight is 310 g/mol. The van der Waals surface area contributed by atoms with Crippen molar-refractivity contribution in [2.45, 2.75) is 0 Å². The number of nitrogen functional groups attached to an aromatic ring is 1. The van der Waals surface area contributed by atoms with Gasteiger partial charge in [0.15, 0.2) is 5.82 Å². The number of rotatable bonds is 3. The predicted molar refractivity (Wildman–Crippen MR) is 81.4 cm³/mol. The number of morpholine rings is 1. The van der Waals surface area contributed by atoms with Gasteiger partial charge < -0.3 is 20.8 Å². The number of hydrogen-bond acceptors (Lipinski definition) is 6. The monoisotopic (exact) mass is 310 g/mol. The van der Waals surface area contributed by atoms with Crippen LogP contribution in [-0.2, 0) is 4.74 Å². The molecule has 1 saturated heterocycles. The number of nitrogens with one attached hydrogen (secondary N) is 1. The van der Waals surface area contributed by atoms with E-state index in [-0.39, 0.29) is 10.6 Å². The van der Waals surface area contributed by atoms with Crippen molar-refractivity contribution in [3.05, 3.63) is 39.8 Å². The fourth-order valence-electron chi connectivity index (χ4n) is 2.16. The zero-order chi connectivity index (χ0) is 14.8. The minimum atomic E-state index is -0.399. The van der Waals surface area contributed by atoms with Crippen molar-refractivity contribution in [2.24, 2.45) is 0 Å². The Labute approximate surface area is 124 Å². The number of thiazole rings is 1. The van der Waals surface area contributed by atoms with Crippen LogP contribution in [0.25, 0.3) is 0 Å². The summed E-state index contributed by atoms with van der Waals surface area (Å²) in [5.41, 5.74) is 0.281. The Hall–Kier alpha value is -2.06. The molecule has 6 nitrogen and oxygen atoms in total. The molecule has 21 heavy (non-hydrogen) atoms. The van der Waals surface area contributed by atoms with Crippen molar-refractivity contribution in [3.63, 3.8) is 0 Å². The molecule has 0 radical (unpaired) electrons. The smallest absolute Gasteiger partial charge is 0.329 e. The summed E-state index contributed by atoms with van der Waals surface area (Å²) >= 11 is 1.04. The lowest BCUT2D eigenvalue weighted by atomic mass is 10.3. The van der Waals surface area contributed by atoms with Crippen LogP contribution in [0.3, 0.4) is 0 Å². The average Bonchev–Trinajstić information content (AvgIpc) is 2.79. The third kappa shape index (κ3) is 2.72. The van der Waals surface area contributed by atoms with E-state index in [4.69, 9.17) is 10.6 Å². The fraction of sp³-hybridized carbons (Fsp3) is 0.308. The van der Waals surface area contributed by atoms with Gasteiger partial charge in [-0.05, 0) is 12.1 Å². The van der Waals surface area contributed by atoms with Crippen LogP contribution in [0.1, 0.15) is 0 Å². The molecule has 112 valence electrons. The standard InChI is InChI=1S/C13H15FN4O2S/c14-9-3-1-2-4-10(9)16-11-12(21-13(19)18(11)15)17-5-7-20-8-6-17/h1-4,16H,5-8,15H2. The largest absolute Gasteiger partial charge is 0.378 e. The summed E-state index contributed by atoms with van der Waals surface area (Å²) < 4.78 is 20.1. The summed E-state index contributed by atoms with van der Waals surface area (Å²) in [5, 5.41) is 3.62. The number of ether oxygens (including phenoxy) is 1. The van der Waals surface area contributed by atoms with Crippen LogP contribution in [0.4, 0.5) is 20.9 Å². The second-order valence-corrected chi connectivity index (χ2v) is 5.54. The predicted octanol–water partition coefficient (Wildman–Crippen LogP) is 1.34. The second kappa shape index (κ2) is 5.74. The highest BCUT2D eigenvalue weighted by Crippen LogP contribution is 2.32. The second-order valence-electron chi connectivity index (χ2n) is 4.60. The van der Waals surface area contributed by atoms with Gasteiger partial charge in [-0.25, -0.2) is 4.39 Å². The molecule has 0 aliphatic carbocycles. The lowest BCUT2D eigenvalue weighted by Crippen LogP contribution is -2.36. The minimum absolute atomic E-state index is 0.281. The Kier molecular flexibility index (Phi) is 3.80. The molecule has 8 heteroatoms. The highest BCUT2D eigenvalue weighted by Gasteiger charge is 2.21. The summed E-state index contributed by atoms with van der Waals surface area (Å²) in [6, 6.07) is 6.26. The van der Waals surface area contributed by atoms with Gasteiger partial charge in [0.05, 0.1) is 18.9 Å². The highest BCUT2D eigenvalue weighted by atomic mass is 32.1. The molecule has 2 aromatic rings. The highest BCUT2D eigenvalue weighted by molar-refractivity contribution is 7.14. The summed E-state index contributed by atoms with van der Waals surface area (Å²) in [5.74, 6) is 5.78. The summed E-state index contributed by atoms with van der Waals surface area (Å²) in [7, 11) is 0.